The van der Waals surface area contributed by atoms with Crippen LogP contribution in [-0.2, 0) is 27.7 Å². The molecule has 0 saturated heterocycles. The molecule has 3 aromatic carbocycles. The monoisotopic (exact) mass is 498 g/mol. The summed E-state index contributed by atoms with van der Waals surface area (Å²) in [4.78, 5) is 14.7. The van der Waals surface area contributed by atoms with Crippen LogP contribution < -0.4 is 9.46 Å². The molecule has 4 rings (SSSR count). The third-order valence-electron chi connectivity index (χ3n) is 5.53. The fourth-order valence-corrected chi connectivity index (χ4v) is 5.51. The Morgan fingerprint density at radius 3 is 2.59 bits per heavy atom. The van der Waals surface area contributed by atoms with E-state index in [1.54, 1.807) is 13.2 Å². The first-order valence-electron chi connectivity index (χ1n) is 10.5. The lowest BCUT2D eigenvalue weighted by Crippen LogP contribution is -2.26. The van der Waals surface area contributed by atoms with E-state index in [4.69, 9.17) is 16.3 Å². The minimum Gasteiger partial charge on any atom is -0.496 e. The van der Waals surface area contributed by atoms with Gasteiger partial charge in [-0.05, 0) is 47.4 Å². The summed E-state index contributed by atoms with van der Waals surface area (Å²) < 4.78 is 34.1. The van der Waals surface area contributed by atoms with Gasteiger partial charge in [-0.15, -0.1) is 0 Å². The maximum atomic E-state index is 13.1. The zero-order valence-electron chi connectivity index (χ0n) is 18.3. The number of halogens is 1. The first-order valence-corrected chi connectivity index (χ1v) is 12.4. The Labute approximate surface area is 202 Å². The average Bonchev–Trinajstić information content (AvgIpc) is 3.17. The van der Waals surface area contributed by atoms with E-state index >= 15 is 0 Å². The number of ether oxygens (including phenoxy) is 1. The molecule has 0 fully saturated rings. The molecular weight excluding hydrogens is 476 g/mol. The van der Waals surface area contributed by atoms with Crippen molar-refractivity contribution >= 4 is 38.5 Å². The summed E-state index contributed by atoms with van der Waals surface area (Å²) in [5.74, 6) is -0.294. The van der Waals surface area contributed by atoms with Crippen LogP contribution in [0.1, 0.15) is 11.1 Å². The van der Waals surface area contributed by atoms with Crippen molar-refractivity contribution in [1.29, 1.82) is 0 Å². The molecule has 1 aromatic heterocycles. The Kier molecular flexibility index (Phi) is 6.92. The highest BCUT2D eigenvalue weighted by Gasteiger charge is 2.21. The number of benzene rings is 3. The van der Waals surface area contributed by atoms with Gasteiger partial charge < -0.3 is 14.8 Å². The van der Waals surface area contributed by atoms with Gasteiger partial charge in [0.1, 0.15) is 10.6 Å². The first kappa shape index (κ1) is 23.8. The summed E-state index contributed by atoms with van der Waals surface area (Å²) in [6.45, 7) is 0.153. The highest BCUT2D eigenvalue weighted by Crippen LogP contribution is 2.34. The van der Waals surface area contributed by atoms with Crippen LogP contribution in [0, 0.1) is 0 Å². The van der Waals surface area contributed by atoms with Crippen LogP contribution >= 0.6 is 11.6 Å². The van der Waals surface area contributed by atoms with E-state index in [-0.39, 0.29) is 22.9 Å². The Bertz CT molecular complexity index is 1460. The molecule has 0 atom stereocenters. The number of carboxylic acids is 1. The Hall–Kier alpha value is -3.33. The number of para-hydroxylation sites is 2. The van der Waals surface area contributed by atoms with Crippen LogP contribution in [0.2, 0.25) is 5.02 Å². The molecule has 0 radical (unpaired) electrons. The SMILES string of the molecule is COc1ccccc1CCNS(=O)(=O)c1cc(-c2[nH]c3ccccc3c2CC(=O)O)ccc1Cl. The van der Waals surface area contributed by atoms with Crippen LogP contribution in [0.25, 0.3) is 22.2 Å². The Morgan fingerprint density at radius 1 is 1.09 bits per heavy atom. The summed E-state index contributed by atoms with van der Waals surface area (Å²) >= 11 is 6.27. The third kappa shape index (κ3) is 4.94. The molecule has 0 saturated carbocycles. The van der Waals surface area contributed by atoms with Crippen LogP contribution in [0.15, 0.2) is 71.6 Å². The molecule has 34 heavy (non-hydrogen) atoms. The average molecular weight is 499 g/mol. The second-order valence-electron chi connectivity index (χ2n) is 7.70. The minimum atomic E-state index is -3.93. The highest BCUT2D eigenvalue weighted by atomic mass is 35.5. The van der Waals surface area contributed by atoms with Gasteiger partial charge in [-0.2, -0.15) is 0 Å². The van der Waals surface area contributed by atoms with Gasteiger partial charge in [0.15, 0.2) is 0 Å². The van der Waals surface area contributed by atoms with Crippen LogP contribution in [-0.4, -0.2) is 38.1 Å². The first-order chi connectivity index (χ1) is 16.3. The molecule has 4 aromatic rings. The van der Waals surface area contributed by atoms with E-state index in [0.29, 0.717) is 29.0 Å². The maximum Gasteiger partial charge on any atom is 0.307 e. The van der Waals surface area contributed by atoms with Crippen LogP contribution in [0.4, 0.5) is 0 Å². The lowest BCUT2D eigenvalue weighted by Gasteiger charge is -2.12. The van der Waals surface area contributed by atoms with Crippen molar-refractivity contribution < 1.29 is 23.1 Å². The summed E-state index contributed by atoms with van der Waals surface area (Å²) in [5, 5.41) is 10.3. The summed E-state index contributed by atoms with van der Waals surface area (Å²) in [6.07, 6.45) is 0.229. The second kappa shape index (κ2) is 9.89. The molecule has 0 unspecified atom stereocenters. The summed E-state index contributed by atoms with van der Waals surface area (Å²) in [5.41, 5.74) is 3.30. The van der Waals surface area contributed by atoms with Crippen molar-refractivity contribution in [1.82, 2.24) is 9.71 Å². The van der Waals surface area contributed by atoms with Crippen molar-refractivity contribution in [3.05, 3.63) is 82.9 Å². The van der Waals surface area contributed by atoms with Crippen molar-refractivity contribution in [2.75, 3.05) is 13.7 Å². The number of hydrogen-bond acceptors (Lipinski definition) is 4. The Morgan fingerprint density at radius 2 is 1.82 bits per heavy atom. The van der Waals surface area contributed by atoms with Gasteiger partial charge in [-0.25, -0.2) is 13.1 Å². The van der Waals surface area contributed by atoms with E-state index in [2.05, 4.69) is 9.71 Å². The van der Waals surface area contributed by atoms with Gasteiger partial charge in [0.05, 0.1) is 24.2 Å². The predicted octanol–water partition coefficient (Wildman–Crippen LogP) is 4.65. The fourth-order valence-electron chi connectivity index (χ4n) is 3.95. The maximum absolute atomic E-state index is 13.1. The number of nitrogens with one attached hydrogen (secondary N) is 2. The quantitative estimate of drug-likeness (QED) is 0.311. The second-order valence-corrected chi connectivity index (χ2v) is 9.84. The molecule has 0 spiro atoms. The molecular formula is C25H23ClN2O5S. The van der Waals surface area contributed by atoms with Crippen molar-refractivity contribution in [3.63, 3.8) is 0 Å². The van der Waals surface area contributed by atoms with Crippen molar-refractivity contribution in [2.24, 2.45) is 0 Å². The van der Waals surface area contributed by atoms with Gasteiger partial charge in [0.25, 0.3) is 0 Å². The number of rotatable bonds is 9. The lowest BCUT2D eigenvalue weighted by molar-refractivity contribution is -0.136. The smallest absolute Gasteiger partial charge is 0.307 e. The number of carboxylic acid groups (broad SMARTS) is 1. The van der Waals surface area contributed by atoms with Gasteiger partial charge in [0.2, 0.25) is 10.0 Å². The Balaban J connectivity index is 1.65. The molecule has 3 N–H and O–H groups in total. The normalized spacial score (nSPS) is 11.6. The number of fused-ring (bicyclic) bond motifs is 1. The molecule has 9 heteroatoms. The topological polar surface area (TPSA) is 108 Å². The van der Waals surface area contributed by atoms with E-state index in [1.807, 2.05) is 48.5 Å². The van der Waals surface area contributed by atoms with Crippen LogP contribution in [0.3, 0.4) is 0 Å². The molecule has 176 valence electrons. The number of aromatic nitrogens is 1. The zero-order chi connectivity index (χ0) is 24.3. The molecule has 7 nitrogen and oxygen atoms in total. The van der Waals surface area contributed by atoms with Gasteiger partial charge in [0, 0.05) is 17.4 Å². The molecule has 0 amide bonds. The standard InChI is InChI=1S/C25H23ClN2O5S/c1-33-22-9-5-2-6-16(22)12-13-27-34(31,32)23-14-17(10-11-20(23)26)25-19(15-24(29)30)18-7-3-4-8-21(18)28-25/h2-11,14,27-28H,12-13,15H2,1H3,(H,29,30). The van der Waals surface area contributed by atoms with E-state index in [1.165, 1.54) is 12.1 Å². The van der Waals surface area contributed by atoms with Crippen molar-refractivity contribution in [2.45, 2.75) is 17.7 Å². The molecule has 0 aliphatic heterocycles. The number of methoxy groups -OCH3 is 1. The van der Waals surface area contributed by atoms with Crippen LogP contribution in [0.5, 0.6) is 5.75 Å². The molecule has 0 aliphatic rings. The highest BCUT2D eigenvalue weighted by molar-refractivity contribution is 7.89. The summed E-state index contributed by atoms with van der Waals surface area (Å²) in [6, 6.07) is 19.4. The van der Waals surface area contributed by atoms with Gasteiger partial charge in [-0.1, -0.05) is 54.1 Å². The molecule has 0 aliphatic carbocycles. The number of aliphatic carboxylic acids is 1. The zero-order valence-corrected chi connectivity index (χ0v) is 19.9. The minimum absolute atomic E-state index is 0.0736. The number of H-pyrrole nitrogens is 1. The molecule has 1 heterocycles. The number of hydrogen-bond donors (Lipinski definition) is 3. The fraction of sp³-hybridized carbons (Fsp3) is 0.160. The predicted molar refractivity (Wildman–Crippen MR) is 132 cm³/mol. The number of sulfonamides is 1. The van der Waals surface area contributed by atoms with E-state index in [9.17, 15) is 18.3 Å². The van der Waals surface area contributed by atoms with Gasteiger partial charge in [-0.3, -0.25) is 4.79 Å². The summed E-state index contributed by atoms with van der Waals surface area (Å²) in [7, 11) is -2.36. The number of carbonyl (C=O) groups is 1. The lowest BCUT2D eigenvalue weighted by atomic mass is 10.0. The molecule has 0 bridgehead atoms. The van der Waals surface area contributed by atoms with E-state index < -0.39 is 16.0 Å². The largest absolute Gasteiger partial charge is 0.496 e. The van der Waals surface area contributed by atoms with Gasteiger partial charge >= 0.3 is 5.97 Å². The number of aromatic amines is 1. The van der Waals surface area contributed by atoms with E-state index in [0.717, 1.165) is 16.5 Å². The van der Waals surface area contributed by atoms with Crippen molar-refractivity contribution in [3.8, 4) is 17.0 Å². The third-order valence-corrected chi connectivity index (χ3v) is 7.47.